The highest BCUT2D eigenvalue weighted by molar-refractivity contribution is 5.94. The lowest BCUT2D eigenvalue weighted by atomic mass is 10.1. The number of pyridine rings is 2. The molecule has 0 radical (unpaired) electrons. The molecular formula is C17H15N5O2. The fourth-order valence-electron chi connectivity index (χ4n) is 2.83. The molecule has 0 bridgehead atoms. The van der Waals surface area contributed by atoms with Gasteiger partial charge in [-0.2, -0.15) is 0 Å². The van der Waals surface area contributed by atoms with Gasteiger partial charge < -0.3 is 14.9 Å². The van der Waals surface area contributed by atoms with Crippen molar-refractivity contribution in [3.63, 3.8) is 0 Å². The quantitative estimate of drug-likeness (QED) is 0.745. The minimum absolute atomic E-state index is 0.102. The summed E-state index contributed by atoms with van der Waals surface area (Å²) in [6.45, 7) is 1.07. The molecule has 4 rings (SSSR count). The Labute approximate surface area is 137 Å². The van der Waals surface area contributed by atoms with Crippen molar-refractivity contribution >= 4 is 5.91 Å². The van der Waals surface area contributed by atoms with Crippen LogP contribution in [0.1, 0.15) is 21.7 Å². The third-order valence-electron chi connectivity index (χ3n) is 4.09. The van der Waals surface area contributed by atoms with Crippen molar-refractivity contribution in [2.45, 2.75) is 13.0 Å². The highest BCUT2D eigenvalue weighted by Crippen LogP contribution is 2.23. The van der Waals surface area contributed by atoms with E-state index in [9.17, 15) is 9.59 Å². The monoisotopic (exact) mass is 321 g/mol. The minimum Gasteiger partial charge on any atom is -0.340 e. The Balaban J connectivity index is 1.57. The molecule has 7 nitrogen and oxygen atoms in total. The normalized spacial score (nSPS) is 13.6. The lowest BCUT2D eigenvalue weighted by Crippen LogP contribution is -2.36. The second-order valence-electron chi connectivity index (χ2n) is 5.67. The Kier molecular flexibility index (Phi) is 3.45. The van der Waals surface area contributed by atoms with Gasteiger partial charge >= 0.3 is 0 Å². The van der Waals surface area contributed by atoms with Gasteiger partial charge in [-0.05, 0) is 18.2 Å². The summed E-state index contributed by atoms with van der Waals surface area (Å²) in [5.74, 6) is 0.667. The summed E-state index contributed by atoms with van der Waals surface area (Å²) in [6.07, 6.45) is 5.62. The number of nitrogens with zero attached hydrogens (tertiary/aromatic N) is 3. The summed E-state index contributed by atoms with van der Waals surface area (Å²) in [7, 11) is 0. The number of amides is 1. The van der Waals surface area contributed by atoms with Gasteiger partial charge in [0.1, 0.15) is 5.82 Å². The van der Waals surface area contributed by atoms with Gasteiger partial charge in [0, 0.05) is 43.2 Å². The molecule has 0 aliphatic carbocycles. The summed E-state index contributed by atoms with van der Waals surface area (Å²) in [5.41, 5.74) is 3.11. The van der Waals surface area contributed by atoms with Crippen LogP contribution in [0.2, 0.25) is 0 Å². The summed E-state index contributed by atoms with van der Waals surface area (Å²) >= 11 is 0. The molecule has 3 aromatic heterocycles. The lowest BCUT2D eigenvalue weighted by molar-refractivity contribution is 0.0731. The van der Waals surface area contributed by atoms with Gasteiger partial charge in [-0.25, -0.2) is 4.98 Å². The summed E-state index contributed by atoms with van der Waals surface area (Å²) in [4.78, 5) is 40.0. The lowest BCUT2D eigenvalue weighted by Gasteiger charge is -2.26. The highest BCUT2D eigenvalue weighted by Gasteiger charge is 2.24. The number of rotatable bonds is 2. The Bertz CT molecular complexity index is 925. The molecule has 1 aliphatic rings. The molecular weight excluding hydrogens is 306 g/mol. The maximum absolute atomic E-state index is 12.6. The molecule has 1 amide bonds. The van der Waals surface area contributed by atoms with Crippen molar-refractivity contribution in [3.8, 4) is 11.4 Å². The molecule has 0 saturated heterocycles. The Morgan fingerprint density at radius 3 is 2.92 bits per heavy atom. The van der Waals surface area contributed by atoms with Crippen LogP contribution < -0.4 is 5.56 Å². The van der Waals surface area contributed by atoms with Crippen molar-refractivity contribution in [2.75, 3.05) is 6.54 Å². The van der Waals surface area contributed by atoms with Gasteiger partial charge in [0.15, 0.2) is 0 Å². The number of aromatic amines is 2. The second-order valence-corrected chi connectivity index (χ2v) is 5.67. The first-order chi connectivity index (χ1) is 11.7. The number of carbonyl (C=O) groups excluding carboxylic acids is 1. The molecule has 0 fully saturated rings. The number of H-pyrrole nitrogens is 2. The zero-order chi connectivity index (χ0) is 16.5. The van der Waals surface area contributed by atoms with E-state index < -0.39 is 0 Å². The predicted octanol–water partition coefficient (Wildman–Crippen LogP) is 1.36. The van der Waals surface area contributed by atoms with Gasteiger partial charge in [-0.1, -0.05) is 0 Å². The van der Waals surface area contributed by atoms with Crippen molar-refractivity contribution in [1.29, 1.82) is 0 Å². The van der Waals surface area contributed by atoms with Crippen molar-refractivity contribution in [2.24, 2.45) is 0 Å². The van der Waals surface area contributed by atoms with Crippen LogP contribution in [0, 0.1) is 0 Å². The average Bonchev–Trinajstić information content (AvgIpc) is 3.06. The van der Waals surface area contributed by atoms with Crippen LogP contribution in [0.15, 0.2) is 47.7 Å². The number of hydrogen-bond acceptors (Lipinski definition) is 4. The van der Waals surface area contributed by atoms with E-state index in [2.05, 4.69) is 19.9 Å². The van der Waals surface area contributed by atoms with E-state index in [-0.39, 0.29) is 11.5 Å². The van der Waals surface area contributed by atoms with Gasteiger partial charge in [0.2, 0.25) is 5.56 Å². The van der Waals surface area contributed by atoms with Gasteiger partial charge in [-0.3, -0.25) is 14.6 Å². The second kappa shape index (κ2) is 5.77. The highest BCUT2D eigenvalue weighted by atomic mass is 16.2. The Morgan fingerprint density at radius 1 is 1.25 bits per heavy atom. The summed E-state index contributed by atoms with van der Waals surface area (Å²) in [5, 5.41) is 0. The molecule has 4 heterocycles. The topological polar surface area (TPSA) is 94.7 Å². The number of carbonyl (C=O) groups is 1. The van der Waals surface area contributed by atoms with Crippen LogP contribution in [0.3, 0.4) is 0 Å². The maximum Gasteiger partial charge on any atom is 0.255 e. The Hall–Kier alpha value is -3.22. The van der Waals surface area contributed by atoms with Crippen LogP contribution in [-0.2, 0) is 13.0 Å². The largest absolute Gasteiger partial charge is 0.340 e. The summed E-state index contributed by atoms with van der Waals surface area (Å²) < 4.78 is 0. The number of nitrogens with one attached hydrogen (secondary N) is 2. The molecule has 3 aromatic rings. The molecule has 0 saturated carbocycles. The van der Waals surface area contributed by atoms with Crippen LogP contribution in [0.4, 0.5) is 0 Å². The first-order valence-corrected chi connectivity index (χ1v) is 7.67. The molecule has 0 spiro atoms. The van der Waals surface area contributed by atoms with Crippen molar-refractivity contribution in [1.82, 2.24) is 24.8 Å². The number of aromatic nitrogens is 4. The summed E-state index contributed by atoms with van der Waals surface area (Å²) in [6, 6.07) is 6.72. The molecule has 1 aliphatic heterocycles. The maximum atomic E-state index is 12.6. The van der Waals surface area contributed by atoms with Crippen LogP contribution in [-0.4, -0.2) is 37.3 Å². The smallest absolute Gasteiger partial charge is 0.255 e. The third-order valence-corrected chi connectivity index (χ3v) is 4.09. The van der Waals surface area contributed by atoms with E-state index in [0.717, 1.165) is 22.8 Å². The van der Waals surface area contributed by atoms with Gasteiger partial charge in [0.25, 0.3) is 5.91 Å². The molecule has 24 heavy (non-hydrogen) atoms. The van der Waals surface area contributed by atoms with E-state index >= 15 is 0 Å². The third kappa shape index (κ3) is 2.60. The Morgan fingerprint density at radius 2 is 2.17 bits per heavy atom. The van der Waals surface area contributed by atoms with Gasteiger partial charge in [0.05, 0.1) is 23.5 Å². The van der Waals surface area contributed by atoms with Gasteiger partial charge in [-0.15, -0.1) is 0 Å². The van der Waals surface area contributed by atoms with Crippen molar-refractivity contribution < 1.29 is 4.79 Å². The SMILES string of the molecule is O=C(c1ccc(=O)[nH]c1)N1CCc2nc(-c3cccnc3)[nH]c2C1. The molecule has 7 heteroatoms. The van der Waals surface area contributed by atoms with Crippen LogP contribution in [0.5, 0.6) is 0 Å². The predicted molar refractivity (Wildman–Crippen MR) is 87.3 cm³/mol. The van der Waals surface area contributed by atoms with E-state index in [1.54, 1.807) is 23.4 Å². The molecule has 0 unspecified atom stereocenters. The first kappa shape index (κ1) is 14.4. The molecule has 0 aromatic carbocycles. The van der Waals surface area contributed by atoms with Crippen LogP contribution in [0.25, 0.3) is 11.4 Å². The number of hydrogen-bond donors (Lipinski definition) is 2. The van der Waals surface area contributed by atoms with Crippen molar-refractivity contribution in [3.05, 3.63) is 70.2 Å². The van der Waals surface area contributed by atoms with E-state index in [1.165, 1.54) is 12.3 Å². The van der Waals surface area contributed by atoms with E-state index in [0.29, 0.717) is 25.1 Å². The zero-order valence-electron chi connectivity index (χ0n) is 12.8. The zero-order valence-corrected chi connectivity index (χ0v) is 12.8. The fraction of sp³-hybridized carbons (Fsp3) is 0.176. The molecule has 0 atom stereocenters. The van der Waals surface area contributed by atoms with Crippen LogP contribution >= 0.6 is 0 Å². The fourth-order valence-corrected chi connectivity index (χ4v) is 2.83. The van der Waals surface area contributed by atoms with E-state index in [1.807, 2.05) is 12.1 Å². The minimum atomic E-state index is -0.220. The first-order valence-electron chi connectivity index (χ1n) is 7.67. The van der Waals surface area contributed by atoms with E-state index in [4.69, 9.17) is 0 Å². The standard InChI is InChI=1S/C17H15N5O2/c23-15-4-3-12(9-19-15)17(24)22-7-5-13-14(10-22)21-16(20-13)11-2-1-6-18-8-11/h1-4,6,8-9H,5,7,10H2,(H,19,23)(H,20,21). The average molecular weight is 321 g/mol. The number of fused-ring (bicyclic) bond motifs is 1. The molecule has 2 N–H and O–H groups in total. The molecule has 120 valence electrons. The number of imidazole rings is 1.